The third-order valence-electron chi connectivity index (χ3n) is 10.1. The Bertz CT molecular complexity index is 2050. The van der Waals surface area contributed by atoms with Crippen molar-refractivity contribution in [3.05, 3.63) is 75.4 Å². The van der Waals surface area contributed by atoms with E-state index in [1.807, 2.05) is 32.1 Å². The van der Waals surface area contributed by atoms with Gasteiger partial charge in [-0.2, -0.15) is 0 Å². The summed E-state index contributed by atoms with van der Waals surface area (Å²) in [7, 11) is 2.70. The molecule has 0 saturated heterocycles. The van der Waals surface area contributed by atoms with Crippen LogP contribution in [0, 0.1) is 13.8 Å². The lowest BCUT2D eigenvalue weighted by Crippen LogP contribution is -2.27. The molecule has 8 bridgehead atoms. The number of carbonyl (C=O) groups is 3. The minimum absolute atomic E-state index is 0.149. The number of esters is 2. The number of fused-ring (bicyclic) bond motifs is 8. The summed E-state index contributed by atoms with van der Waals surface area (Å²) >= 11 is 0. The third-order valence-corrected chi connectivity index (χ3v) is 10.1. The average molecular weight is 681 g/mol. The number of nitrogens with two attached hydrogens (primary N) is 1. The highest BCUT2D eigenvalue weighted by Crippen LogP contribution is 2.44. The number of ether oxygens (including phenoxy) is 2. The van der Waals surface area contributed by atoms with E-state index in [1.54, 1.807) is 0 Å². The molecular formula is C39H48N6O5. The molecule has 2 atom stereocenters. The molecule has 0 unspecified atom stereocenters. The van der Waals surface area contributed by atoms with Gasteiger partial charge in [-0.1, -0.05) is 26.5 Å². The molecule has 0 fully saturated rings. The lowest BCUT2D eigenvalue weighted by atomic mass is 9.84. The van der Waals surface area contributed by atoms with Gasteiger partial charge in [-0.05, 0) is 87.0 Å². The highest BCUT2D eigenvalue weighted by Gasteiger charge is 2.35. The number of carbonyl (C=O) groups excluding carboxylic acids is 3. The van der Waals surface area contributed by atoms with Crippen molar-refractivity contribution in [3.63, 3.8) is 0 Å². The summed E-state index contributed by atoms with van der Waals surface area (Å²) in [6.45, 7) is 15.1. The molecule has 3 aromatic rings. The van der Waals surface area contributed by atoms with Gasteiger partial charge < -0.3 is 30.5 Å². The highest BCUT2D eigenvalue weighted by molar-refractivity contribution is 6.27. The van der Waals surface area contributed by atoms with E-state index in [0.717, 1.165) is 56.4 Å². The van der Waals surface area contributed by atoms with Gasteiger partial charge in [0.05, 0.1) is 43.3 Å². The highest BCUT2D eigenvalue weighted by atomic mass is 16.5. The molecule has 5 heterocycles. The van der Waals surface area contributed by atoms with Crippen LogP contribution in [0.1, 0.15) is 102 Å². The van der Waals surface area contributed by atoms with Gasteiger partial charge >= 0.3 is 11.9 Å². The fourth-order valence-electron chi connectivity index (χ4n) is 7.10. The number of methoxy groups -OCH3 is 2. The predicted octanol–water partition coefficient (Wildman–Crippen LogP) is 6.09. The molecule has 0 radical (unpaired) electrons. The second-order valence-electron chi connectivity index (χ2n) is 12.9. The Balaban J connectivity index is 1.98. The zero-order chi connectivity index (χ0) is 36.3. The van der Waals surface area contributed by atoms with Gasteiger partial charge in [-0.15, -0.1) is 0 Å². The third kappa shape index (κ3) is 6.87. The number of hydrogen-bond acceptors (Lipinski definition) is 8. The number of hydrogen-bond donors (Lipinski definition) is 4. The van der Waals surface area contributed by atoms with Crippen LogP contribution < -0.4 is 11.1 Å². The van der Waals surface area contributed by atoms with E-state index >= 15 is 0 Å². The average Bonchev–Trinajstić information content (AvgIpc) is 3.78. The van der Waals surface area contributed by atoms with Gasteiger partial charge in [0.25, 0.3) is 5.91 Å². The van der Waals surface area contributed by atoms with Crippen LogP contribution in [0.25, 0.3) is 39.3 Å². The summed E-state index contributed by atoms with van der Waals surface area (Å²) in [4.78, 5) is 57.1. The molecule has 5 N–H and O–H groups in total. The van der Waals surface area contributed by atoms with E-state index in [1.165, 1.54) is 14.2 Å². The maximum absolute atomic E-state index is 14.0. The lowest BCUT2D eigenvalue weighted by molar-refractivity contribution is -0.141. The van der Waals surface area contributed by atoms with Crippen molar-refractivity contribution in [1.82, 2.24) is 25.3 Å². The summed E-state index contributed by atoms with van der Waals surface area (Å²) in [5.74, 6) is -1.59. The number of aryl methyl sites for hydroxylation is 3. The minimum Gasteiger partial charge on any atom is -0.469 e. The monoisotopic (exact) mass is 680 g/mol. The fourth-order valence-corrected chi connectivity index (χ4v) is 7.10. The molecule has 50 heavy (non-hydrogen) atoms. The molecule has 3 aromatic heterocycles. The summed E-state index contributed by atoms with van der Waals surface area (Å²) in [6, 6.07) is 6.10. The summed E-state index contributed by atoms with van der Waals surface area (Å²) < 4.78 is 10.2. The van der Waals surface area contributed by atoms with E-state index in [0.29, 0.717) is 59.7 Å². The van der Waals surface area contributed by atoms with Crippen LogP contribution >= 0.6 is 0 Å². The largest absolute Gasteiger partial charge is 0.469 e. The van der Waals surface area contributed by atoms with Crippen LogP contribution in [0.3, 0.4) is 0 Å². The van der Waals surface area contributed by atoms with Gasteiger partial charge in [0.15, 0.2) is 0 Å². The van der Waals surface area contributed by atoms with Crippen LogP contribution in [0.2, 0.25) is 0 Å². The molecule has 1 amide bonds. The van der Waals surface area contributed by atoms with Crippen molar-refractivity contribution in [3.8, 4) is 0 Å². The molecule has 11 heteroatoms. The number of rotatable bonds is 11. The Kier molecular flexibility index (Phi) is 11.1. The number of allylic oxidation sites excluding steroid dienone is 1. The van der Waals surface area contributed by atoms with E-state index < -0.39 is 5.97 Å². The first kappa shape index (κ1) is 36.3. The Morgan fingerprint density at radius 3 is 2.32 bits per heavy atom. The van der Waals surface area contributed by atoms with Crippen molar-refractivity contribution in [1.29, 1.82) is 0 Å². The van der Waals surface area contributed by atoms with Crippen LogP contribution in [0.5, 0.6) is 0 Å². The summed E-state index contributed by atoms with van der Waals surface area (Å²) in [5, 5.41) is 3.00. The Hall–Kier alpha value is -5.03. The first-order valence-corrected chi connectivity index (χ1v) is 17.2. The van der Waals surface area contributed by atoms with E-state index in [9.17, 15) is 14.4 Å². The summed E-state index contributed by atoms with van der Waals surface area (Å²) in [5.41, 5.74) is 17.4. The van der Waals surface area contributed by atoms with E-state index in [-0.39, 0.29) is 36.6 Å². The second kappa shape index (κ2) is 15.2. The predicted molar refractivity (Wildman–Crippen MR) is 197 cm³/mol. The lowest BCUT2D eigenvalue weighted by Gasteiger charge is -2.18. The zero-order valence-corrected chi connectivity index (χ0v) is 30.1. The van der Waals surface area contributed by atoms with E-state index in [4.69, 9.17) is 25.2 Å². The molecule has 0 spiro atoms. The number of amides is 1. The summed E-state index contributed by atoms with van der Waals surface area (Å²) in [6.07, 6.45) is 3.62. The van der Waals surface area contributed by atoms with Gasteiger partial charge in [0, 0.05) is 63.7 Å². The number of H-pyrrole nitrogens is 2. The van der Waals surface area contributed by atoms with Crippen molar-refractivity contribution in [2.75, 3.05) is 27.3 Å². The van der Waals surface area contributed by atoms with Crippen molar-refractivity contribution >= 4 is 57.1 Å². The van der Waals surface area contributed by atoms with Crippen LogP contribution in [-0.4, -0.2) is 65.1 Å². The maximum atomic E-state index is 14.0. The Morgan fingerprint density at radius 1 is 0.960 bits per heavy atom. The first-order chi connectivity index (χ1) is 24.0. The van der Waals surface area contributed by atoms with Crippen molar-refractivity contribution in [2.45, 2.75) is 78.6 Å². The van der Waals surface area contributed by atoms with Crippen LogP contribution in [0.15, 0.2) is 24.8 Å². The number of aromatic amines is 2. The number of nitrogens with zero attached hydrogens (tertiary/aromatic N) is 2. The fraction of sp³-hybridized carbons (Fsp3) is 0.410. The second-order valence-corrected chi connectivity index (χ2v) is 12.9. The van der Waals surface area contributed by atoms with Crippen LogP contribution in [-0.2, 0) is 36.7 Å². The topological polar surface area (TPSA) is 165 Å². The normalized spacial score (nSPS) is 15.6. The molecule has 11 nitrogen and oxygen atoms in total. The maximum Gasteiger partial charge on any atom is 0.310 e. The Morgan fingerprint density at radius 2 is 1.66 bits per heavy atom. The van der Waals surface area contributed by atoms with Gasteiger partial charge in [0.1, 0.15) is 0 Å². The van der Waals surface area contributed by atoms with Gasteiger partial charge in [0.2, 0.25) is 0 Å². The van der Waals surface area contributed by atoms with Crippen molar-refractivity contribution in [2.24, 2.45) is 5.73 Å². The van der Waals surface area contributed by atoms with Crippen LogP contribution in [0.4, 0.5) is 0 Å². The van der Waals surface area contributed by atoms with E-state index in [2.05, 4.69) is 48.7 Å². The minimum atomic E-state index is -0.497. The first-order valence-electron chi connectivity index (χ1n) is 17.2. The van der Waals surface area contributed by atoms with Gasteiger partial charge in [-0.25, -0.2) is 4.98 Å². The molecule has 2 aliphatic rings. The van der Waals surface area contributed by atoms with Crippen molar-refractivity contribution < 1.29 is 23.9 Å². The standard InChI is InChI=1S/C39H48N6O5/c1-9-24-20(3)28-17-30-22(5)26(12-13-34(46)49-7)37(44-30)27(16-35(47)50-8)38-36(39(48)41-15-11-14-40)23(6)31(45-38)19-33-25(10-2)21(4)29(43-33)18-32(24)42-28/h9,17-19,22,26,42-43H,1,10-16,40H2,2-8H3,(H,41,48)/t22-,26-/m0/s1. The van der Waals surface area contributed by atoms with Gasteiger partial charge in [-0.3, -0.25) is 19.4 Å². The smallest absolute Gasteiger partial charge is 0.310 e. The SMILES string of the molecule is C=Cc1c(C)c2cc3nc(c(CC(=O)OC)c4nc(cc5[nH]c(cc1[nH]2)c(C)c5CC)C(C)=C4C(=O)NCCCN)[C@@H](CCC(=O)OC)[C@@H]3C. The quantitative estimate of drug-likeness (QED) is 0.140. The molecule has 264 valence electrons. The molecule has 0 aromatic carbocycles. The molecule has 0 aliphatic carbocycles. The molecule has 2 aliphatic heterocycles. The Labute approximate surface area is 292 Å². The molecule has 5 rings (SSSR count). The number of aromatic nitrogens is 4. The molecule has 0 saturated carbocycles. The number of nitrogens with one attached hydrogen (secondary N) is 3. The molecular weight excluding hydrogens is 632 g/mol. The zero-order valence-electron chi connectivity index (χ0n) is 30.1.